The Bertz CT molecular complexity index is 1590. The van der Waals surface area contributed by atoms with Crippen LogP contribution in [0.25, 0.3) is 6.08 Å². The monoisotopic (exact) mass is 549 g/mol. The normalized spacial score (nSPS) is 11.1. The van der Waals surface area contributed by atoms with E-state index < -0.39 is 22.0 Å². The first-order valence-corrected chi connectivity index (χ1v) is 12.6. The summed E-state index contributed by atoms with van der Waals surface area (Å²) < 4.78 is 41.0. The minimum Gasteiger partial charge on any atom is -0.493 e. The molecule has 0 saturated heterocycles. The van der Waals surface area contributed by atoms with E-state index in [0.29, 0.717) is 5.69 Å². The Morgan fingerprint density at radius 1 is 0.923 bits per heavy atom. The Hall–Kier alpha value is -5.15. The summed E-state index contributed by atoms with van der Waals surface area (Å²) in [6, 6.07) is 17.4. The van der Waals surface area contributed by atoms with Crippen LogP contribution >= 0.6 is 0 Å². The summed E-state index contributed by atoms with van der Waals surface area (Å²) >= 11 is 0. The number of amides is 2. The maximum Gasteiger partial charge on any atom is 0.339 e. The molecular weight excluding hydrogens is 526 g/mol. The Labute approximate surface area is 224 Å². The van der Waals surface area contributed by atoms with Gasteiger partial charge in [0.2, 0.25) is 5.91 Å². The standard InChI is InChI=1S/C27H23N3O8S/c1-17(31)29-20-9-11-21(12-10-20)39(34,35)38-25-15-18(8-13-24(25)36-2)14-19(16-28)26(32)30-23-7-5-4-6-22(23)27(33)37-3/h4-15H,1-3H3,(H,29,31)(H,30,32)/b19-14+. The number of nitrogens with zero attached hydrogens (tertiary/aromatic N) is 1. The van der Waals surface area contributed by atoms with Crippen LogP contribution in [0, 0.1) is 11.3 Å². The van der Waals surface area contributed by atoms with Gasteiger partial charge in [0.15, 0.2) is 11.5 Å². The number of nitrogens with one attached hydrogen (secondary N) is 2. The second kappa shape index (κ2) is 12.4. The fraction of sp³-hybridized carbons (Fsp3) is 0.111. The van der Waals surface area contributed by atoms with Gasteiger partial charge in [0.1, 0.15) is 16.5 Å². The molecular formula is C27H23N3O8S. The molecule has 0 spiro atoms. The van der Waals surface area contributed by atoms with Gasteiger partial charge in [0.05, 0.1) is 25.5 Å². The van der Waals surface area contributed by atoms with Crippen molar-refractivity contribution in [2.45, 2.75) is 11.8 Å². The topological polar surface area (TPSA) is 161 Å². The van der Waals surface area contributed by atoms with Crippen LogP contribution in [0.3, 0.4) is 0 Å². The molecule has 2 amide bonds. The number of para-hydroxylation sites is 1. The van der Waals surface area contributed by atoms with E-state index in [4.69, 9.17) is 13.7 Å². The molecule has 2 N–H and O–H groups in total. The highest BCUT2D eigenvalue weighted by molar-refractivity contribution is 7.87. The van der Waals surface area contributed by atoms with E-state index in [9.17, 15) is 28.1 Å². The molecule has 39 heavy (non-hydrogen) atoms. The number of esters is 1. The summed E-state index contributed by atoms with van der Waals surface area (Å²) in [4.78, 5) is 35.8. The van der Waals surface area contributed by atoms with E-state index >= 15 is 0 Å². The molecule has 3 rings (SSSR count). The molecule has 3 aromatic carbocycles. The minimum atomic E-state index is -4.32. The van der Waals surface area contributed by atoms with Gasteiger partial charge in [-0.15, -0.1) is 0 Å². The number of anilines is 2. The maximum absolute atomic E-state index is 12.9. The number of hydrogen-bond acceptors (Lipinski definition) is 9. The van der Waals surface area contributed by atoms with Gasteiger partial charge in [-0.3, -0.25) is 9.59 Å². The van der Waals surface area contributed by atoms with Gasteiger partial charge >= 0.3 is 16.1 Å². The van der Waals surface area contributed by atoms with Crippen LogP contribution in [0.1, 0.15) is 22.8 Å². The molecule has 11 nitrogen and oxygen atoms in total. The van der Waals surface area contributed by atoms with Crippen molar-refractivity contribution in [3.05, 3.63) is 83.4 Å². The molecule has 0 fully saturated rings. The van der Waals surface area contributed by atoms with Crippen LogP contribution in [0.2, 0.25) is 0 Å². The van der Waals surface area contributed by atoms with E-state index in [1.807, 2.05) is 0 Å². The molecule has 0 radical (unpaired) electrons. The quantitative estimate of drug-likeness (QED) is 0.175. The fourth-order valence-corrected chi connectivity index (χ4v) is 4.24. The van der Waals surface area contributed by atoms with Crippen LogP contribution in [-0.4, -0.2) is 40.4 Å². The van der Waals surface area contributed by atoms with Crippen molar-refractivity contribution in [1.29, 1.82) is 5.26 Å². The van der Waals surface area contributed by atoms with Crippen molar-refractivity contribution in [1.82, 2.24) is 0 Å². The third kappa shape index (κ3) is 7.21. The van der Waals surface area contributed by atoms with Gasteiger partial charge in [0.25, 0.3) is 5.91 Å². The second-order valence-electron chi connectivity index (χ2n) is 7.81. The lowest BCUT2D eigenvalue weighted by Gasteiger charge is -2.12. The van der Waals surface area contributed by atoms with Gasteiger partial charge in [0, 0.05) is 12.6 Å². The zero-order valence-corrected chi connectivity index (χ0v) is 21.9. The zero-order valence-electron chi connectivity index (χ0n) is 21.0. The predicted octanol–water partition coefficient (Wildman–Crippen LogP) is 3.75. The summed E-state index contributed by atoms with van der Waals surface area (Å²) in [6.45, 7) is 1.32. The molecule has 0 unspecified atom stereocenters. The SMILES string of the molecule is COC(=O)c1ccccc1NC(=O)/C(C#N)=C/c1ccc(OC)c(OS(=O)(=O)c2ccc(NC(C)=O)cc2)c1. The van der Waals surface area contributed by atoms with Crippen LogP contribution in [-0.2, 0) is 24.4 Å². The largest absolute Gasteiger partial charge is 0.493 e. The number of rotatable bonds is 9. The van der Waals surface area contributed by atoms with Gasteiger partial charge < -0.3 is 24.3 Å². The first kappa shape index (κ1) is 28.4. The van der Waals surface area contributed by atoms with Crippen LogP contribution in [0.4, 0.5) is 11.4 Å². The van der Waals surface area contributed by atoms with Gasteiger partial charge in [-0.2, -0.15) is 13.7 Å². The highest BCUT2D eigenvalue weighted by Crippen LogP contribution is 2.32. The van der Waals surface area contributed by atoms with Crippen molar-refractivity contribution in [2.24, 2.45) is 0 Å². The fourth-order valence-electron chi connectivity index (χ4n) is 3.31. The molecule has 0 heterocycles. The van der Waals surface area contributed by atoms with Crippen molar-refractivity contribution < 1.29 is 36.5 Å². The van der Waals surface area contributed by atoms with E-state index in [1.165, 1.54) is 81.8 Å². The van der Waals surface area contributed by atoms with Crippen LogP contribution < -0.4 is 19.6 Å². The minimum absolute atomic E-state index is 0.0838. The Morgan fingerprint density at radius 3 is 2.23 bits per heavy atom. The Kier molecular flexibility index (Phi) is 9.03. The smallest absolute Gasteiger partial charge is 0.339 e. The number of ether oxygens (including phenoxy) is 2. The third-order valence-corrected chi connectivity index (χ3v) is 6.36. The summed E-state index contributed by atoms with van der Waals surface area (Å²) in [5.74, 6) is -1.89. The van der Waals surface area contributed by atoms with Crippen molar-refractivity contribution in [2.75, 3.05) is 24.9 Å². The highest BCUT2D eigenvalue weighted by Gasteiger charge is 2.20. The summed E-state index contributed by atoms with van der Waals surface area (Å²) in [6.07, 6.45) is 1.22. The Morgan fingerprint density at radius 2 is 1.62 bits per heavy atom. The summed E-state index contributed by atoms with van der Waals surface area (Å²) in [5, 5.41) is 14.6. The van der Waals surface area contributed by atoms with E-state index in [-0.39, 0.29) is 44.7 Å². The summed E-state index contributed by atoms with van der Waals surface area (Å²) in [5.41, 5.74) is 0.575. The first-order chi connectivity index (χ1) is 18.6. The number of methoxy groups -OCH3 is 2. The lowest BCUT2D eigenvalue weighted by atomic mass is 10.1. The first-order valence-electron chi connectivity index (χ1n) is 11.2. The van der Waals surface area contributed by atoms with E-state index in [0.717, 1.165) is 0 Å². The molecule has 3 aromatic rings. The molecule has 0 bridgehead atoms. The highest BCUT2D eigenvalue weighted by atomic mass is 32.2. The predicted molar refractivity (Wildman–Crippen MR) is 142 cm³/mol. The zero-order chi connectivity index (χ0) is 28.6. The third-order valence-electron chi connectivity index (χ3n) is 5.11. The number of nitriles is 1. The summed E-state index contributed by atoms with van der Waals surface area (Å²) in [7, 11) is -1.80. The molecule has 200 valence electrons. The molecule has 0 atom stereocenters. The molecule has 12 heteroatoms. The molecule has 0 aromatic heterocycles. The van der Waals surface area contributed by atoms with Gasteiger partial charge in [-0.1, -0.05) is 18.2 Å². The average Bonchev–Trinajstić information content (AvgIpc) is 2.91. The average molecular weight is 550 g/mol. The molecule has 0 aliphatic rings. The van der Waals surface area contributed by atoms with E-state index in [1.54, 1.807) is 18.2 Å². The number of carbonyl (C=O) groups is 3. The number of hydrogen-bond donors (Lipinski definition) is 2. The lowest BCUT2D eigenvalue weighted by molar-refractivity contribution is -0.114. The van der Waals surface area contributed by atoms with Crippen molar-refractivity contribution in [3.8, 4) is 17.6 Å². The van der Waals surface area contributed by atoms with Gasteiger partial charge in [-0.05, 0) is 60.2 Å². The van der Waals surface area contributed by atoms with Crippen molar-refractivity contribution in [3.63, 3.8) is 0 Å². The number of benzene rings is 3. The number of carbonyl (C=O) groups excluding carboxylic acids is 3. The van der Waals surface area contributed by atoms with Gasteiger partial charge in [-0.25, -0.2) is 4.79 Å². The molecule has 0 aliphatic heterocycles. The lowest BCUT2D eigenvalue weighted by Crippen LogP contribution is -2.16. The van der Waals surface area contributed by atoms with E-state index in [2.05, 4.69) is 10.6 Å². The molecule has 0 aliphatic carbocycles. The maximum atomic E-state index is 12.9. The van der Waals surface area contributed by atoms with Crippen LogP contribution in [0.15, 0.2) is 77.2 Å². The van der Waals surface area contributed by atoms with Crippen LogP contribution in [0.5, 0.6) is 11.5 Å². The second-order valence-corrected chi connectivity index (χ2v) is 9.36. The Balaban J connectivity index is 1.89. The molecule has 0 saturated carbocycles. The van der Waals surface area contributed by atoms with Crippen molar-refractivity contribution >= 4 is 45.4 Å².